The molecule has 0 saturated carbocycles. The number of carbonyl (C=O) groups is 1. The average Bonchev–Trinajstić information content (AvgIpc) is 2.34. The molecule has 0 aromatic carbocycles. The highest BCUT2D eigenvalue weighted by molar-refractivity contribution is 5.92. The lowest BCUT2D eigenvalue weighted by Crippen LogP contribution is -2.32. The van der Waals surface area contributed by atoms with Crippen LogP contribution in [0.25, 0.3) is 0 Å². The van der Waals surface area contributed by atoms with E-state index in [9.17, 15) is 4.79 Å². The molecule has 0 spiro atoms. The highest BCUT2D eigenvalue weighted by Crippen LogP contribution is 2.09. The van der Waals surface area contributed by atoms with E-state index < -0.39 is 0 Å². The normalized spacial score (nSPS) is 10.4. The summed E-state index contributed by atoms with van der Waals surface area (Å²) in [5.41, 5.74) is 1.43. The fourth-order valence-electron chi connectivity index (χ4n) is 1.75. The Hall–Kier alpha value is -1.84. The van der Waals surface area contributed by atoms with Crippen molar-refractivity contribution in [3.63, 3.8) is 0 Å². The zero-order valence-electron chi connectivity index (χ0n) is 12.2. The minimum atomic E-state index is -0.0575. The van der Waals surface area contributed by atoms with Gasteiger partial charge in [-0.3, -0.25) is 4.79 Å². The zero-order chi connectivity index (χ0) is 14.4. The Morgan fingerprint density at radius 1 is 1.47 bits per heavy atom. The highest BCUT2D eigenvalue weighted by atomic mass is 16.2. The molecular weight excluding hydrogens is 238 g/mol. The number of nitrogens with zero attached hydrogens (tertiary/aromatic N) is 2. The molecule has 0 aliphatic carbocycles. The molecule has 0 saturated heterocycles. The van der Waals surface area contributed by atoms with Crippen LogP contribution in [0.4, 0.5) is 5.82 Å². The largest absolute Gasteiger partial charge is 0.368 e. The molecule has 0 aliphatic heterocycles. The lowest BCUT2D eigenvalue weighted by molar-refractivity contribution is 0.0772. The monoisotopic (exact) mass is 261 g/mol. The molecule has 1 rings (SSSR count). The van der Waals surface area contributed by atoms with Crippen molar-refractivity contribution in [3.05, 3.63) is 36.0 Å². The Kier molecular flexibility index (Phi) is 5.55. The molecule has 0 radical (unpaired) electrons. The maximum Gasteiger partial charge on any atom is 0.272 e. The van der Waals surface area contributed by atoms with Crippen LogP contribution in [0.1, 0.15) is 38.2 Å². The number of amides is 1. The minimum Gasteiger partial charge on any atom is -0.368 e. The first-order chi connectivity index (χ1) is 8.93. The summed E-state index contributed by atoms with van der Waals surface area (Å²) in [6.07, 6.45) is 0. The lowest BCUT2D eigenvalue weighted by Gasteiger charge is -2.21. The van der Waals surface area contributed by atoms with Crippen LogP contribution in [0.15, 0.2) is 30.4 Å². The van der Waals surface area contributed by atoms with E-state index >= 15 is 0 Å². The van der Waals surface area contributed by atoms with Crippen LogP contribution in [0.5, 0.6) is 0 Å². The quantitative estimate of drug-likeness (QED) is 0.801. The average molecular weight is 261 g/mol. The molecular formula is C15H23N3O. The molecule has 0 bridgehead atoms. The van der Waals surface area contributed by atoms with Gasteiger partial charge in [0.25, 0.3) is 5.91 Å². The first kappa shape index (κ1) is 15.2. The molecule has 1 aromatic heterocycles. The summed E-state index contributed by atoms with van der Waals surface area (Å²) in [5, 5.41) is 3.20. The molecule has 1 heterocycles. The van der Waals surface area contributed by atoms with Gasteiger partial charge in [-0.05, 0) is 39.8 Å². The number of carbonyl (C=O) groups excluding carboxylic acids is 1. The van der Waals surface area contributed by atoms with Gasteiger partial charge in [-0.2, -0.15) is 0 Å². The molecule has 4 heteroatoms. The van der Waals surface area contributed by atoms with Gasteiger partial charge in [0.15, 0.2) is 0 Å². The smallest absolute Gasteiger partial charge is 0.272 e. The minimum absolute atomic E-state index is 0.0575. The molecule has 1 N–H and O–H groups in total. The van der Waals surface area contributed by atoms with E-state index in [4.69, 9.17) is 0 Å². The maximum absolute atomic E-state index is 12.3. The number of hydrogen-bond acceptors (Lipinski definition) is 3. The predicted octanol–water partition coefficient (Wildman–Crippen LogP) is 2.94. The summed E-state index contributed by atoms with van der Waals surface area (Å²) in [5.74, 6) is 0.671. The molecule has 4 nitrogen and oxygen atoms in total. The van der Waals surface area contributed by atoms with Gasteiger partial charge in [0.1, 0.15) is 11.5 Å². The van der Waals surface area contributed by atoms with Gasteiger partial charge in [0.2, 0.25) is 0 Å². The van der Waals surface area contributed by atoms with Crippen LogP contribution < -0.4 is 5.32 Å². The van der Waals surface area contributed by atoms with E-state index in [1.807, 2.05) is 39.8 Å². The number of pyridine rings is 1. The van der Waals surface area contributed by atoms with Crippen LogP contribution in [0.3, 0.4) is 0 Å². The molecule has 1 aromatic rings. The van der Waals surface area contributed by atoms with Gasteiger partial charge in [-0.15, -0.1) is 0 Å². The molecule has 19 heavy (non-hydrogen) atoms. The second-order valence-electron chi connectivity index (χ2n) is 4.98. The van der Waals surface area contributed by atoms with Crippen molar-refractivity contribution in [2.75, 3.05) is 18.4 Å². The van der Waals surface area contributed by atoms with Crippen molar-refractivity contribution < 1.29 is 4.79 Å². The van der Waals surface area contributed by atoms with Gasteiger partial charge in [-0.1, -0.05) is 18.2 Å². The Morgan fingerprint density at radius 2 is 2.16 bits per heavy atom. The van der Waals surface area contributed by atoms with Crippen molar-refractivity contribution in [1.82, 2.24) is 9.88 Å². The Bertz CT molecular complexity index is 454. The van der Waals surface area contributed by atoms with E-state index in [2.05, 4.69) is 16.9 Å². The molecule has 0 aliphatic rings. The number of nitrogens with one attached hydrogen (secondary N) is 1. The Morgan fingerprint density at radius 3 is 2.68 bits per heavy atom. The fraction of sp³-hybridized carbons (Fsp3) is 0.467. The molecule has 0 fully saturated rings. The van der Waals surface area contributed by atoms with Crippen molar-refractivity contribution in [2.45, 2.75) is 33.7 Å². The second-order valence-corrected chi connectivity index (χ2v) is 4.98. The molecule has 0 atom stereocenters. The summed E-state index contributed by atoms with van der Waals surface area (Å²) in [7, 11) is 0. The molecule has 1 amide bonds. The van der Waals surface area contributed by atoms with Crippen molar-refractivity contribution >= 4 is 11.7 Å². The van der Waals surface area contributed by atoms with E-state index in [-0.39, 0.29) is 11.9 Å². The number of rotatable bonds is 6. The van der Waals surface area contributed by atoms with E-state index in [0.29, 0.717) is 18.8 Å². The van der Waals surface area contributed by atoms with Crippen LogP contribution in [0, 0.1) is 0 Å². The van der Waals surface area contributed by atoms with Gasteiger partial charge >= 0.3 is 0 Å². The fourth-order valence-corrected chi connectivity index (χ4v) is 1.75. The van der Waals surface area contributed by atoms with Crippen LogP contribution >= 0.6 is 0 Å². The van der Waals surface area contributed by atoms with Crippen LogP contribution in [-0.2, 0) is 0 Å². The molecule has 104 valence electrons. The summed E-state index contributed by atoms with van der Waals surface area (Å²) < 4.78 is 0. The third-order valence-corrected chi connectivity index (χ3v) is 2.53. The van der Waals surface area contributed by atoms with Gasteiger partial charge in [-0.25, -0.2) is 4.98 Å². The Labute approximate surface area is 115 Å². The predicted molar refractivity (Wildman–Crippen MR) is 79.4 cm³/mol. The van der Waals surface area contributed by atoms with Crippen molar-refractivity contribution in [2.24, 2.45) is 0 Å². The van der Waals surface area contributed by atoms with E-state index in [1.54, 1.807) is 11.0 Å². The summed E-state index contributed by atoms with van der Waals surface area (Å²) >= 11 is 0. The third-order valence-electron chi connectivity index (χ3n) is 2.53. The van der Waals surface area contributed by atoms with Crippen LogP contribution in [0.2, 0.25) is 0 Å². The number of hydrogen-bond donors (Lipinski definition) is 1. The Balaban J connectivity index is 2.88. The summed E-state index contributed by atoms with van der Waals surface area (Å²) in [6, 6.07) is 5.75. The lowest BCUT2D eigenvalue weighted by atomic mass is 10.2. The zero-order valence-corrected chi connectivity index (χ0v) is 12.2. The SMILES string of the molecule is C=C(C)CN(CC)C(=O)c1cccc(NC(C)C)n1. The topological polar surface area (TPSA) is 45.2 Å². The second kappa shape index (κ2) is 6.92. The highest BCUT2D eigenvalue weighted by Gasteiger charge is 2.15. The van der Waals surface area contributed by atoms with Gasteiger partial charge in [0, 0.05) is 19.1 Å². The number of aromatic nitrogens is 1. The van der Waals surface area contributed by atoms with Crippen LogP contribution in [-0.4, -0.2) is 34.9 Å². The van der Waals surface area contributed by atoms with Gasteiger partial charge in [0.05, 0.1) is 0 Å². The maximum atomic E-state index is 12.3. The summed E-state index contributed by atoms with van der Waals surface area (Å²) in [4.78, 5) is 18.4. The standard InChI is InChI=1S/C15H23N3O/c1-6-18(10-11(2)3)15(19)13-8-7-9-14(17-13)16-12(4)5/h7-9,12H,2,6,10H2,1,3-5H3,(H,16,17). The number of likely N-dealkylation sites (N-methyl/N-ethyl adjacent to an activating group) is 1. The van der Waals surface area contributed by atoms with Crippen molar-refractivity contribution in [3.8, 4) is 0 Å². The number of anilines is 1. The summed E-state index contributed by atoms with van der Waals surface area (Å²) in [6.45, 7) is 13.0. The third kappa shape index (κ3) is 4.73. The van der Waals surface area contributed by atoms with E-state index in [0.717, 1.165) is 11.4 Å². The first-order valence-electron chi connectivity index (χ1n) is 6.61. The van der Waals surface area contributed by atoms with Gasteiger partial charge < -0.3 is 10.2 Å². The molecule has 0 unspecified atom stereocenters. The first-order valence-corrected chi connectivity index (χ1v) is 6.61. The van der Waals surface area contributed by atoms with Crippen molar-refractivity contribution in [1.29, 1.82) is 0 Å². The van der Waals surface area contributed by atoms with E-state index in [1.165, 1.54) is 0 Å².